The van der Waals surface area contributed by atoms with E-state index < -0.39 is 12.0 Å². The molecule has 0 saturated carbocycles. The summed E-state index contributed by atoms with van der Waals surface area (Å²) < 4.78 is 15.9. The molecule has 1 amide bonds. The van der Waals surface area contributed by atoms with Crippen LogP contribution < -0.4 is 19.5 Å². The fourth-order valence-electron chi connectivity index (χ4n) is 2.37. The molecule has 1 atom stereocenters. The van der Waals surface area contributed by atoms with E-state index in [1.54, 1.807) is 26.0 Å². The Labute approximate surface area is 141 Å². The molecule has 7 heteroatoms. The van der Waals surface area contributed by atoms with Crippen molar-refractivity contribution in [2.75, 3.05) is 21.3 Å². The molecule has 0 aromatic heterocycles. The second kappa shape index (κ2) is 9.00. The predicted molar refractivity (Wildman–Crippen MR) is 88.8 cm³/mol. The molecule has 2 N–H and O–H groups in total. The van der Waals surface area contributed by atoms with Crippen molar-refractivity contribution in [3.63, 3.8) is 0 Å². The molecule has 0 saturated heterocycles. The minimum atomic E-state index is -1.04. The van der Waals surface area contributed by atoms with E-state index in [0.29, 0.717) is 23.7 Å². The van der Waals surface area contributed by atoms with Gasteiger partial charge in [0.25, 0.3) is 0 Å². The van der Waals surface area contributed by atoms with Gasteiger partial charge in [0.2, 0.25) is 11.7 Å². The number of rotatable bonds is 9. The number of hydrogen-bond acceptors (Lipinski definition) is 5. The summed E-state index contributed by atoms with van der Waals surface area (Å²) in [5.41, 5.74) is 0.779. The molecule has 1 rings (SSSR count). The summed E-state index contributed by atoms with van der Waals surface area (Å²) in [6.45, 7) is 3.49. The molecule has 0 aliphatic heterocycles. The summed E-state index contributed by atoms with van der Waals surface area (Å²) in [6.07, 6.45) is 0.530. The average molecular weight is 339 g/mol. The third-order valence-corrected chi connectivity index (χ3v) is 3.66. The van der Waals surface area contributed by atoms with Crippen LogP contribution in [0.5, 0.6) is 17.2 Å². The highest BCUT2D eigenvalue weighted by atomic mass is 16.5. The van der Waals surface area contributed by atoms with Crippen LogP contribution in [0, 0.1) is 5.92 Å². The second-order valence-electron chi connectivity index (χ2n) is 5.62. The molecule has 1 aromatic carbocycles. The van der Waals surface area contributed by atoms with E-state index in [4.69, 9.17) is 19.3 Å². The number of carbonyl (C=O) groups excluding carboxylic acids is 1. The highest BCUT2D eigenvalue weighted by molar-refractivity contribution is 5.83. The number of carboxylic acids is 1. The minimum Gasteiger partial charge on any atom is -0.493 e. The number of benzene rings is 1. The van der Waals surface area contributed by atoms with Crippen LogP contribution in [0.1, 0.15) is 25.8 Å². The zero-order valence-electron chi connectivity index (χ0n) is 14.7. The molecular formula is C17H25NO6. The van der Waals surface area contributed by atoms with Crippen LogP contribution in [0.15, 0.2) is 12.1 Å². The third kappa shape index (κ3) is 4.78. The van der Waals surface area contributed by atoms with Crippen LogP contribution in [0.2, 0.25) is 0 Å². The van der Waals surface area contributed by atoms with Crippen LogP contribution in [-0.4, -0.2) is 44.4 Å². The van der Waals surface area contributed by atoms with Gasteiger partial charge in [0, 0.05) is 6.42 Å². The number of aryl methyl sites for hydroxylation is 1. The first-order valence-electron chi connectivity index (χ1n) is 7.65. The molecule has 24 heavy (non-hydrogen) atoms. The second-order valence-corrected chi connectivity index (χ2v) is 5.62. The zero-order valence-corrected chi connectivity index (χ0v) is 14.7. The number of methoxy groups -OCH3 is 3. The van der Waals surface area contributed by atoms with Crippen molar-refractivity contribution in [3.8, 4) is 17.2 Å². The van der Waals surface area contributed by atoms with Crippen LogP contribution in [0.4, 0.5) is 0 Å². The highest BCUT2D eigenvalue weighted by Crippen LogP contribution is 2.40. The van der Waals surface area contributed by atoms with Gasteiger partial charge in [-0.1, -0.05) is 19.9 Å². The number of ether oxygens (including phenoxy) is 3. The van der Waals surface area contributed by atoms with Crippen molar-refractivity contribution in [2.24, 2.45) is 5.92 Å². The van der Waals surface area contributed by atoms with Gasteiger partial charge in [-0.2, -0.15) is 0 Å². The maximum absolute atomic E-state index is 12.0. The first-order valence-corrected chi connectivity index (χ1v) is 7.65. The maximum Gasteiger partial charge on any atom is 0.326 e. The van der Waals surface area contributed by atoms with Crippen molar-refractivity contribution in [1.29, 1.82) is 0 Å². The highest BCUT2D eigenvalue weighted by Gasteiger charge is 2.23. The maximum atomic E-state index is 12.0. The number of nitrogens with one attached hydrogen (secondary N) is 1. The van der Waals surface area contributed by atoms with Gasteiger partial charge < -0.3 is 24.6 Å². The fourth-order valence-corrected chi connectivity index (χ4v) is 2.37. The Morgan fingerprint density at radius 3 is 2.17 bits per heavy atom. The molecule has 0 fully saturated rings. The Morgan fingerprint density at radius 2 is 1.71 bits per heavy atom. The summed E-state index contributed by atoms with van der Waals surface area (Å²) in [5, 5.41) is 11.7. The molecule has 0 aliphatic rings. The molecule has 1 aromatic rings. The van der Waals surface area contributed by atoms with Crippen molar-refractivity contribution in [1.82, 2.24) is 5.32 Å². The van der Waals surface area contributed by atoms with Gasteiger partial charge in [-0.05, 0) is 24.0 Å². The molecule has 0 aliphatic carbocycles. The van der Waals surface area contributed by atoms with E-state index >= 15 is 0 Å². The molecule has 0 heterocycles. The largest absolute Gasteiger partial charge is 0.493 e. The normalized spacial score (nSPS) is 11.8. The van der Waals surface area contributed by atoms with Gasteiger partial charge in [0.1, 0.15) is 6.04 Å². The lowest BCUT2D eigenvalue weighted by Gasteiger charge is -2.18. The van der Waals surface area contributed by atoms with E-state index in [-0.39, 0.29) is 18.2 Å². The van der Waals surface area contributed by atoms with E-state index in [1.165, 1.54) is 21.3 Å². The SMILES string of the molecule is COc1ccc(CCC(=O)NC(C(=O)O)C(C)C)c(OC)c1OC. The quantitative estimate of drug-likeness (QED) is 0.713. The Balaban J connectivity index is 2.83. The molecule has 0 bridgehead atoms. The number of carbonyl (C=O) groups is 2. The smallest absolute Gasteiger partial charge is 0.326 e. The number of amides is 1. The first kappa shape index (κ1) is 19.6. The summed E-state index contributed by atoms with van der Waals surface area (Å²) >= 11 is 0. The zero-order chi connectivity index (χ0) is 18.3. The Hall–Kier alpha value is -2.44. The Kier molecular flexibility index (Phi) is 7.35. The molecule has 134 valence electrons. The van der Waals surface area contributed by atoms with Gasteiger partial charge >= 0.3 is 5.97 Å². The van der Waals surface area contributed by atoms with Gasteiger partial charge in [-0.15, -0.1) is 0 Å². The summed E-state index contributed by atoms with van der Waals surface area (Å²) in [6, 6.07) is 2.64. The monoisotopic (exact) mass is 339 g/mol. The average Bonchev–Trinajstić information content (AvgIpc) is 2.55. The lowest BCUT2D eigenvalue weighted by Crippen LogP contribution is -2.44. The molecule has 1 unspecified atom stereocenters. The van der Waals surface area contributed by atoms with E-state index in [9.17, 15) is 9.59 Å². The van der Waals surface area contributed by atoms with Gasteiger partial charge in [0.15, 0.2) is 11.5 Å². The van der Waals surface area contributed by atoms with Crippen molar-refractivity contribution in [2.45, 2.75) is 32.7 Å². The predicted octanol–water partition coefficient (Wildman–Crippen LogP) is 1.87. The van der Waals surface area contributed by atoms with Crippen LogP contribution in [0.3, 0.4) is 0 Å². The topological polar surface area (TPSA) is 94.1 Å². The number of hydrogen-bond donors (Lipinski definition) is 2. The lowest BCUT2D eigenvalue weighted by atomic mass is 10.0. The van der Waals surface area contributed by atoms with Crippen LogP contribution >= 0.6 is 0 Å². The van der Waals surface area contributed by atoms with E-state index in [0.717, 1.165) is 5.56 Å². The van der Waals surface area contributed by atoms with E-state index in [2.05, 4.69) is 5.32 Å². The number of carboxylic acid groups (broad SMARTS) is 1. The van der Waals surface area contributed by atoms with Gasteiger partial charge in [-0.25, -0.2) is 4.79 Å². The van der Waals surface area contributed by atoms with Gasteiger partial charge in [-0.3, -0.25) is 4.79 Å². The van der Waals surface area contributed by atoms with E-state index in [1.807, 2.05) is 0 Å². The lowest BCUT2D eigenvalue weighted by molar-refractivity contribution is -0.143. The molecule has 0 spiro atoms. The minimum absolute atomic E-state index is 0.141. The number of aliphatic carboxylic acids is 1. The molecular weight excluding hydrogens is 314 g/mol. The first-order chi connectivity index (χ1) is 11.3. The fraction of sp³-hybridized carbons (Fsp3) is 0.529. The molecule has 0 radical (unpaired) electrons. The third-order valence-electron chi connectivity index (χ3n) is 3.66. The summed E-state index contributed by atoms with van der Waals surface area (Å²) in [5.74, 6) is -0.0582. The Morgan fingerprint density at radius 1 is 1.08 bits per heavy atom. The summed E-state index contributed by atoms with van der Waals surface area (Å²) in [4.78, 5) is 23.2. The van der Waals surface area contributed by atoms with Gasteiger partial charge in [0.05, 0.1) is 21.3 Å². The van der Waals surface area contributed by atoms with Crippen molar-refractivity contribution in [3.05, 3.63) is 17.7 Å². The van der Waals surface area contributed by atoms with Crippen LogP contribution in [0.25, 0.3) is 0 Å². The Bertz CT molecular complexity index is 585. The standard InChI is InChI=1S/C17H25NO6/c1-10(2)14(17(20)21)18-13(19)9-7-11-6-8-12(22-3)16(24-5)15(11)23-4/h6,8,10,14H,7,9H2,1-5H3,(H,18,19)(H,20,21). The van der Waals surface area contributed by atoms with Crippen molar-refractivity contribution < 1.29 is 28.9 Å². The van der Waals surface area contributed by atoms with Crippen molar-refractivity contribution >= 4 is 11.9 Å². The summed E-state index contributed by atoms with van der Waals surface area (Å²) in [7, 11) is 4.55. The molecule has 7 nitrogen and oxygen atoms in total. The van der Waals surface area contributed by atoms with Crippen LogP contribution in [-0.2, 0) is 16.0 Å².